The average Bonchev–Trinajstić information content (AvgIpc) is 2.98. The SMILES string of the molecule is CCCCCCCCCCCCN1C2=C(C(=O)CC(C(C)C)C2)C(c2ccc(O)c(OC)c2)C2=C1CC(C(C)C)CC2=O. The summed E-state index contributed by atoms with van der Waals surface area (Å²) in [4.78, 5) is 30.6. The number of phenols is 1. The van der Waals surface area contributed by atoms with E-state index in [1.807, 2.05) is 12.1 Å². The van der Waals surface area contributed by atoms with Gasteiger partial charge in [-0.25, -0.2) is 0 Å². The molecule has 1 aromatic rings. The van der Waals surface area contributed by atoms with Gasteiger partial charge in [0.05, 0.1) is 7.11 Å². The zero-order valence-electron chi connectivity index (χ0n) is 27.8. The van der Waals surface area contributed by atoms with E-state index in [4.69, 9.17) is 4.74 Å². The molecule has 2 unspecified atom stereocenters. The number of unbranched alkanes of at least 4 members (excludes halogenated alkanes) is 9. The van der Waals surface area contributed by atoms with Crippen LogP contribution in [-0.4, -0.2) is 35.2 Å². The van der Waals surface area contributed by atoms with Crippen LogP contribution < -0.4 is 4.74 Å². The maximum absolute atomic E-state index is 14.1. The highest BCUT2D eigenvalue weighted by Gasteiger charge is 2.46. The van der Waals surface area contributed by atoms with Crippen LogP contribution in [0.4, 0.5) is 0 Å². The highest BCUT2D eigenvalue weighted by atomic mass is 16.5. The number of phenolic OH excluding ortho intramolecular Hbond substituents is 1. The molecule has 0 radical (unpaired) electrons. The summed E-state index contributed by atoms with van der Waals surface area (Å²) in [6.45, 7) is 12.0. The molecule has 5 nitrogen and oxygen atoms in total. The van der Waals surface area contributed by atoms with Crippen LogP contribution in [0, 0.1) is 23.7 Å². The van der Waals surface area contributed by atoms with Gasteiger partial charge in [-0.1, -0.05) is 98.5 Å². The van der Waals surface area contributed by atoms with Crippen molar-refractivity contribution in [2.45, 2.75) is 130 Å². The fraction of sp³-hybridized carbons (Fsp3) is 0.684. The molecule has 0 amide bonds. The summed E-state index contributed by atoms with van der Waals surface area (Å²) in [6, 6.07) is 5.34. The average molecular weight is 592 g/mol. The Kier molecular flexibility index (Phi) is 12.0. The standard InChI is InChI=1S/C38H57NO4/c1-7-8-9-10-11-12-13-14-15-16-19-39-30-20-28(25(2)3)22-33(41)37(30)36(27-17-18-32(40)35(24-27)43-6)38-31(39)21-29(26(4)5)23-34(38)42/h17-18,24-26,28-29,36,40H,7-16,19-23H2,1-6H3. The van der Waals surface area contributed by atoms with Crippen LogP contribution in [-0.2, 0) is 9.59 Å². The van der Waals surface area contributed by atoms with Crippen molar-refractivity contribution in [3.8, 4) is 11.5 Å². The zero-order valence-corrected chi connectivity index (χ0v) is 27.8. The van der Waals surface area contributed by atoms with Crippen molar-refractivity contribution in [3.63, 3.8) is 0 Å². The molecule has 1 N–H and O–H groups in total. The number of nitrogens with zero attached hydrogens (tertiary/aromatic N) is 1. The van der Waals surface area contributed by atoms with Crippen molar-refractivity contribution in [2.24, 2.45) is 23.7 Å². The number of Topliss-reactive ketones (excluding diaryl/α,β-unsaturated/α-hetero) is 2. The predicted octanol–water partition coefficient (Wildman–Crippen LogP) is 9.50. The number of ketones is 2. The van der Waals surface area contributed by atoms with Crippen molar-refractivity contribution in [3.05, 3.63) is 46.3 Å². The smallest absolute Gasteiger partial charge is 0.161 e. The molecule has 1 aliphatic heterocycles. The number of carbonyl (C=O) groups excluding carboxylic acids is 2. The lowest BCUT2D eigenvalue weighted by atomic mass is 9.66. The van der Waals surface area contributed by atoms with Gasteiger partial charge >= 0.3 is 0 Å². The van der Waals surface area contributed by atoms with E-state index in [0.717, 1.165) is 53.9 Å². The molecule has 43 heavy (non-hydrogen) atoms. The number of rotatable bonds is 15. The maximum Gasteiger partial charge on any atom is 0.161 e. The number of hydrogen-bond acceptors (Lipinski definition) is 5. The number of methoxy groups -OCH3 is 1. The van der Waals surface area contributed by atoms with Gasteiger partial charge in [0.15, 0.2) is 23.1 Å². The van der Waals surface area contributed by atoms with Gasteiger partial charge in [0, 0.05) is 47.8 Å². The second kappa shape index (κ2) is 15.4. The Balaban J connectivity index is 1.66. The Morgan fingerprint density at radius 3 is 1.72 bits per heavy atom. The van der Waals surface area contributed by atoms with Crippen molar-refractivity contribution >= 4 is 11.6 Å². The Hall–Kier alpha value is -2.56. The molecule has 0 aromatic heterocycles. The van der Waals surface area contributed by atoms with Crippen molar-refractivity contribution in [1.29, 1.82) is 0 Å². The molecule has 2 atom stereocenters. The number of aromatic hydroxyl groups is 1. The second-order valence-corrected chi connectivity index (χ2v) is 14.1. The van der Waals surface area contributed by atoms with Crippen molar-refractivity contribution in [2.75, 3.05) is 13.7 Å². The van der Waals surface area contributed by atoms with Gasteiger partial charge in [0.1, 0.15) is 0 Å². The fourth-order valence-corrected chi connectivity index (χ4v) is 7.53. The number of allylic oxidation sites excluding steroid dienone is 4. The largest absolute Gasteiger partial charge is 0.504 e. The molecule has 0 spiro atoms. The zero-order chi connectivity index (χ0) is 31.1. The number of carbonyl (C=O) groups is 2. The molecular formula is C38H57NO4. The van der Waals surface area contributed by atoms with E-state index >= 15 is 0 Å². The Morgan fingerprint density at radius 2 is 1.26 bits per heavy atom. The molecule has 238 valence electrons. The molecule has 0 saturated heterocycles. The van der Waals surface area contributed by atoms with E-state index < -0.39 is 5.92 Å². The molecule has 1 aromatic carbocycles. The van der Waals surface area contributed by atoms with E-state index in [-0.39, 0.29) is 17.3 Å². The highest BCUT2D eigenvalue weighted by molar-refractivity contribution is 6.06. The third kappa shape index (κ3) is 7.75. The first kappa shape index (κ1) is 33.3. The minimum Gasteiger partial charge on any atom is -0.504 e. The van der Waals surface area contributed by atoms with Crippen molar-refractivity contribution < 1.29 is 19.4 Å². The molecule has 0 fully saturated rings. The summed E-state index contributed by atoms with van der Waals surface area (Å²) in [7, 11) is 1.54. The van der Waals surface area contributed by atoms with Crippen LogP contribution in [0.15, 0.2) is 40.7 Å². The van der Waals surface area contributed by atoms with Gasteiger partial charge in [0.25, 0.3) is 0 Å². The van der Waals surface area contributed by atoms with Gasteiger partial charge in [-0.3, -0.25) is 9.59 Å². The third-order valence-electron chi connectivity index (χ3n) is 10.4. The fourth-order valence-electron chi connectivity index (χ4n) is 7.53. The number of benzene rings is 1. The normalized spacial score (nSPS) is 22.5. The van der Waals surface area contributed by atoms with E-state index in [2.05, 4.69) is 39.5 Å². The summed E-state index contributed by atoms with van der Waals surface area (Å²) in [5.41, 5.74) is 4.79. The van der Waals surface area contributed by atoms with Crippen molar-refractivity contribution in [1.82, 2.24) is 4.90 Å². The molecular weight excluding hydrogens is 534 g/mol. The second-order valence-electron chi connectivity index (χ2n) is 14.1. The Labute approximate surface area is 261 Å². The minimum absolute atomic E-state index is 0.0673. The first-order valence-electron chi connectivity index (χ1n) is 17.3. The summed E-state index contributed by atoms with van der Waals surface area (Å²) in [6.07, 6.45) is 15.6. The lowest BCUT2D eigenvalue weighted by molar-refractivity contribution is -0.118. The summed E-state index contributed by atoms with van der Waals surface area (Å²) >= 11 is 0. The minimum atomic E-state index is -0.398. The molecule has 3 aliphatic rings. The van der Waals surface area contributed by atoms with Crippen LogP contribution in [0.5, 0.6) is 11.5 Å². The van der Waals surface area contributed by atoms with E-state index in [9.17, 15) is 14.7 Å². The third-order valence-corrected chi connectivity index (χ3v) is 10.4. The van der Waals surface area contributed by atoms with Crippen LogP contribution in [0.25, 0.3) is 0 Å². The lowest BCUT2D eigenvalue weighted by Crippen LogP contribution is -2.43. The molecule has 4 rings (SSSR count). The lowest BCUT2D eigenvalue weighted by Gasteiger charge is -2.47. The van der Waals surface area contributed by atoms with Crippen LogP contribution in [0.1, 0.15) is 136 Å². The highest BCUT2D eigenvalue weighted by Crippen LogP contribution is 2.52. The van der Waals surface area contributed by atoms with Gasteiger partial charge in [-0.2, -0.15) is 0 Å². The monoisotopic (exact) mass is 591 g/mol. The molecule has 2 aliphatic carbocycles. The quantitative estimate of drug-likeness (QED) is 0.206. The maximum atomic E-state index is 14.1. The molecule has 0 saturated carbocycles. The summed E-state index contributed by atoms with van der Waals surface area (Å²) in [5, 5.41) is 10.4. The van der Waals surface area contributed by atoms with Crippen LogP contribution >= 0.6 is 0 Å². The van der Waals surface area contributed by atoms with E-state index in [1.165, 1.54) is 57.8 Å². The van der Waals surface area contributed by atoms with Gasteiger partial charge in [-0.05, 0) is 60.6 Å². The van der Waals surface area contributed by atoms with Crippen LogP contribution in [0.3, 0.4) is 0 Å². The molecule has 0 bridgehead atoms. The topological polar surface area (TPSA) is 66.8 Å². The Bertz CT molecular complexity index is 1140. The van der Waals surface area contributed by atoms with Crippen LogP contribution in [0.2, 0.25) is 0 Å². The van der Waals surface area contributed by atoms with E-state index in [0.29, 0.717) is 42.3 Å². The number of hydrogen-bond donors (Lipinski definition) is 1. The Morgan fingerprint density at radius 1 is 0.767 bits per heavy atom. The first-order chi connectivity index (χ1) is 20.7. The molecule has 5 heteroatoms. The van der Waals surface area contributed by atoms with Gasteiger partial charge in [-0.15, -0.1) is 0 Å². The first-order valence-corrected chi connectivity index (χ1v) is 17.3. The predicted molar refractivity (Wildman–Crippen MR) is 175 cm³/mol. The van der Waals surface area contributed by atoms with Gasteiger partial charge < -0.3 is 14.7 Å². The summed E-state index contributed by atoms with van der Waals surface area (Å²) < 4.78 is 5.48. The summed E-state index contributed by atoms with van der Waals surface area (Å²) in [5.74, 6) is 1.83. The van der Waals surface area contributed by atoms with Gasteiger partial charge in [0.2, 0.25) is 0 Å². The number of ether oxygens (including phenoxy) is 1. The molecule has 1 heterocycles. The van der Waals surface area contributed by atoms with E-state index in [1.54, 1.807) is 13.2 Å².